The van der Waals surface area contributed by atoms with Crippen molar-refractivity contribution in [2.24, 2.45) is 5.92 Å². The fourth-order valence-electron chi connectivity index (χ4n) is 4.52. The quantitative estimate of drug-likeness (QED) is 0.231. The molecule has 0 saturated heterocycles. The number of carbonyl (C=O) groups is 2. The lowest BCUT2D eigenvalue weighted by Gasteiger charge is -2.34. The Bertz CT molecular complexity index is 1530. The number of benzene rings is 3. The molecule has 0 aliphatic heterocycles. The van der Waals surface area contributed by atoms with Gasteiger partial charge in [-0.05, 0) is 42.0 Å². The molecule has 0 aliphatic carbocycles. The molecular weight excluding hydrogens is 556 g/mol. The average molecular weight is 595 g/mol. The number of carbonyl (C=O) groups excluding carboxylic acids is 2. The number of sulfonamides is 1. The summed E-state index contributed by atoms with van der Waals surface area (Å²) in [6.07, 6.45) is 1.15. The zero-order valence-corrected chi connectivity index (χ0v) is 25.4. The molecule has 3 rings (SSSR count). The third-order valence-electron chi connectivity index (χ3n) is 6.91. The van der Waals surface area contributed by atoms with E-state index < -0.39 is 33.4 Å². The third kappa shape index (κ3) is 8.62. The van der Waals surface area contributed by atoms with E-state index >= 15 is 0 Å². The Morgan fingerprint density at radius 1 is 0.952 bits per heavy atom. The van der Waals surface area contributed by atoms with Gasteiger partial charge in [0.25, 0.3) is 5.69 Å². The number of nitrogens with one attached hydrogen (secondary N) is 1. The highest BCUT2D eigenvalue weighted by molar-refractivity contribution is 7.92. The molecule has 3 aromatic carbocycles. The molecule has 0 heterocycles. The SMILES string of the molecule is Cc1ccccc1CN(C(=O)CN(c1cc([N+](=O)[O-])ccc1C)S(C)(=O)=O)[C@H](Cc1ccccc1)C(=O)NCC(C)C. The van der Waals surface area contributed by atoms with Crippen molar-refractivity contribution in [1.29, 1.82) is 0 Å². The molecule has 10 nitrogen and oxygen atoms in total. The maximum Gasteiger partial charge on any atom is 0.271 e. The predicted molar refractivity (Wildman–Crippen MR) is 164 cm³/mol. The molecular formula is C31H38N4O6S. The summed E-state index contributed by atoms with van der Waals surface area (Å²) < 4.78 is 26.9. The van der Waals surface area contributed by atoms with Gasteiger partial charge in [-0.2, -0.15) is 0 Å². The summed E-state index contributed by atoms with van der Waals surface area (Å²) in [4.78, 5) is 40.1. The number of rotatable bonds is 13. The summed E-state index contributed by atoms with van der Waals surface area (Å²) in [6, 6.07) is 19.7. The number of nitro groups is 1. The molecule has 0 fully saturated rings. The molecule has 0 bridgehead atoms. The van der Waals surface area contributed by atoms with Crippen molar-refractivity contribution in [3.8, 4) is 0 Å². The Balaban J connectivity index is 2.11. The highest BCUT2D eigenvalue weighted by Crippen LogP contribution is 2.28. The van der Waals surface area contributed by atoms with E-state index in [1.54, 1.807) is 6.92 Å². The maximum absolute atomic E-state index is 14.2. The van der Waals surface area contributed by atoms with Crippen LogP contribution < -0.4 is 9.62 Å². The van der Waals surface area contributed by atoms with Crippen LogP contribution in [-0.4, -0.2) is 55.4 Å². The number of anilines is 1. The second-order valence-corrected chi connectivity index (χ2v) is 12.7. The molecule has 0 aromatic heterocycles. The van der Waals surface area contributed by atoms with Crippen LogP contribution in [0.2, 0.25) is 0 Å². The van der Waals surface area contributed by atoms with Crippen molar-refractivity contribution in [3.05, 3.63) is 105 Å². The second-order valence-electron chi connectivity index (χ2n) is 10.8. The number of aryl methyl sites for hydroxylation is 2. The summed E-state index contributed by atoms with van der Waals surface area (Å²) >= 11 is 0. The van der Waals surface area contributed by atoms with Crippen molar-refractivity contribution in [2.75, 3.05) is 23.7 Å². The van der Waals surface area contributed by atoms with Crippen molar-refractivity contribution in [2.45, 2.75) is 46.7 Å². The van der Waals surface area contributed by atoms with E-state index in [1.807, 2.05) is 75.4 Å². The molecule has 0 spiro atoms. The molecule has 42 heavy (non-hydrogen) atoms. The monoisotopic (exact) mass is 594 g/mol. The van der Waals surface area contributed by atoms with Gasteiger partial charge in [0.2, 0.25) is 21.8 Å². The summed E-state index contributed by atoms with van der Waals surface area (Å²) in [5, 5.41) is 14.4. The first-order valence-corrected chi connectivity index (χ1v) is 15.5. The normalized spacial score (nSPS) is 12.0. The van der Waals surface area contributed by atoms with E-state index in [-0.39, 0.29) is 36.2 Å². The Morgan fingerprint density at radius 3 is 2.19 bits per heavy atom. The highest BCUT2D eigenvalue weighted by atomic mass is 32.2. The van der Waals surface area contributed by atoms with Gasteiger partial charge in [0.1, 0.15) is 12.6 Å². The fraction of sp³-hybridized carbons (Fsp3) is 0.355. The first-order valence-electron chi connectivity index (χ1n) is 13.7. The zero-order chi connectivity index (χ0) is 31.0. The highest BCUT2D eigenvalue weighted by Gasteiger charge is 2.34. The lowest BCUT2D eigenvalue weighted by Crippen LogP contribution is -2.53. The van der Waals surface area contributed by atoms with Gasteiger partial charge in [-0.25, -0.2) is 8.42 Å². The lowest BCUT2D eigenvalue weighted by molar-refractivity contribution is -0.384. The average Bonchev–Trinajstić information content (AvgIpc) is 2.93. The Kier molecular flexibility index (Phi) is 10.8. The minimum absolute atomic E-state index is 0.0276. The minimum Gasteiger partial charge on any atom is -0.354 e. The van der Waals surface area contributed by atoms with Crippen LogP contribution in [0.1, 0.15) is 36.1 Å². The van der Waals surface area contributed by atoms with Gasteiger partial charge in [-0.3, -0.25) is 24.0 Å². The first kappa shape index (κ1) is 32.3. The van der Waals surface area contributed by atoms with E-state index in [1.165, 1.54) is 17.0 Å². The standard InChI is InChI=1S/C31H38N4O6S/c1-22(2)19-32-31(37)29(17-25-12-7-6-8-13-25)33(20-26-14-10-9-11-23(26)3)30(36)21-34(42(5,40)41)28-18-27(35(38)39)16-15-24(28)4/h6-16,18,22,29H,17,19-21H2,1-5H3,(H,32,37)/t29-/m1/s1. The Morgan fingerprint density at radius 2 is 1.60 bits per heavy atom. The smallest absolute Gasteiger partial charge is 0.271 e. The number of nitro benzene ring substituents is 1. The van der Waals surface area contributed by atoms with E-state index in [4.69, 9.17) is 0 Å². The molecule has 11 heteroatoms. The van der Waals surface area contributed by atoms with E-state index in [9.17, 15) is 28.1 Å². The van der Waals surface area contributed by atoms with Gasteiger partial charge in [0.15, 0.2) is 0 Å². The predicted octanol–water partition coefficient (Wildman–Crippen LogP) is 4.39. The summed E-state index contributed by atoms with van der Waals surface area (Å²) in [5.74, 6) is -0.799. The first-order chi connectivity index (χ1) is 19.8. The van der Waals surface area contributed by atoms with Crippen LogP contribution in [0.3, 0.4) is 0 Å². The van der Waals surface area contributed by atoms with Crippen LogP contribution in [0.15, 0.2) is 72.8 Å². The summed E-state index contributed by atoms with van der Waals surface area (Å²) in [6.45, 7) is 7.27. The van der Waals surface area contributed by atoms with Crippen LogP contribution in [-0.2, 0) is 32.6 Å². The molecule has 2 amide bonds. The topological polar surface area (TPSA) is 130 Å². The van der Waals surface area contributed by atoms with Crippen LogP contribution in [0, 0.1) is 29.9 Å². The summed E-state index contributed by atoms with van der Waals surface area (Å²) in [7, 11) is -4.06. The van der Waals surface area contributed by atoms with Crippen molar-refractivity contribution in [3.63, 3.8) is 0 Å². The second kappa shape index (κ2) is 14.1. The van der Waals surface area contributed by atoms with Crippen molar-refractivity contribution in [1.82, 2.24) is 10.2 Å². The number of hydrogen-bond acceptors (Lipinski definition) is 6. The minimum atomic E-state index is -4.06. The third-order valence-corrected chi connectivity index (χ3v) is 8.04. The van der Waals surface area contributed by atoms with Crippen LogP contribution in [0.25, 0.3) is 0 Å². The Hall–Kier alpha value is -4.25. The van der Waals surface area contributed by atoms with Gasteiger partial charge in [0, 0.05) is 31.6 Å². The number of nitrogens with zero attached hydrogens (tertiary/aromatic N) is 3. The van der Waals surface area contributed by atoms with Crippen molar-refractivity contribution >= 4 is 33.2 Å². The summed E-state index contributed by atoms with van der Waals surface area (Å²) in [5.41, 5.74) is 2.71. The van der Waals surface area contributed by atoms with Crippen LogP contribution in [0.5, 0.6) is 0 Å². The fourth-order valence-corrected chi connectivity index (χ4v) is 5.42. The van der Waals surface area contributed by atoms with Crippen molar-refractivity contribution < 1.29 is 22.9 Å². The van der Waals surface area contributed by atoms with Gasteiger partial charge in [0.05, 0.1) is 16.9 Å². The van der Waals surface area contributed by atoms with Gasteiger partial charge in [-0.15, -0.1) is 0 Å². The molecule has 0 aliphatic rings. The van der Waals surface area contributed by atoms with Crippen LogP contribution in [0.4, 0.5) is 11.4 Å². The lowest BCUT2D eigenvalue weighted by atomic mass is 10.0. The van der Waals surface area contributed by atoms with Gasteiger partial charge >= 0.3 is 0 Å². The maximum atomic E-state index is 14.2. The number of non-ortho nitro benzene ring substituents is 1. The molecule has 224 valence electrons. The number of hydrogen-bond donors (Lipinski definition) is 1. The molecule has 3 aromatic rings. The zero-order valence-electron chi connectivity index (χ0n) is 24.6. The molecule has 1 atom stereocenters. The van der Waals surface area contributed by atoms with E-state index in [2.05, 4.69) is 5.32 Å². The van der Waals surface area contributed by atoms with Gasteiger partial charge < -0.3 is 10.2 Å². The largest absolute Gasteiger partial charge is 0.354 e. The van der Waals surface area contributed by atoms with Gasteiger partial charge in [-0.1, -0.05) is 74.5 Å². The molecule has 0 unspecified atom stereocenters. The molecule has 0 radical (unpaired) electrons. The van der Waals surface area contributed by atoms with Crippen LogP contribution >= 0.6 is 0 Å². The Labute approximate surface area is 247 Å². The number of amides is 2. The van der Waals surface area contributed by atoms with E-state index in [0.29, 0.717) is 12.1 Å². The molecule has 0 saturated carbocycles. The molecule has 1 N–H and O–H groups in total. The van der Waals surface area contributed by atoms with E-state index in [0.717, 1.165) is 33.3 Å².